The summed E-state index contributed by atoms with van der Waals surface area (Å²) >= 11 is 1.49. The molecule has 0 saturated heterocycles. The quantitative estimate of drug-likeness (QED) is 0.460. The number of aryl methyl sites for hydroxylation is 1. The summed E-state index contributed by atoms with van der Waals surface area (Å²) in [6.07, 6.45) is 3.42. The van der Waals surface area contributed by atoms with E-state index in [1.54, 1.807) is 18.4 Å². The van der Waals surface area contributed by atoms with Crippen molar-refractivity contribution in [1.82, 2.24) is 14.8 Å². The molecule has 5 nitrogen and oxygen atoms in total. The van der Waals surface area contributed by atoms with Crippen LogP contribution in [0.1, 0.15) is 11.3 Å². The topological polar surface area (TPSA) is 53.1 Å². The molecule has 2 aromatic heterocycles. The van der Waals surface area contributed by atoms with Crippen LogP contribution in [0.25, 0.3) is 11.4 Å². The number of benzene rings is 1. The summed E-state index contributed by atoms with van der Waals surface area (Å²) in [6.45, 7) is 6.26. The maximum Gasteiger partial charge on any atom is 0.192 e. The van der Waals surface area contributed by atoms with Gasteiger partial charge in [0.25, 0.3) is 0 Å². The Kier molecular flexibility index (Phi) is 5.23. The molecule has 7 heteroatoms. The molecular weight excluding hydrogens is 341 g/mol. The lowest BCUT2D eigenvalue weighted by molar-refractivity contribution is 0.386. The van der Waals surface area contributed by atoms with Gasteiger partial charge in [0.05, 0.1) is 18.9 Å². The lowest BCUT2D eigenvalue weighted by Crippen LogP contribution is -2.01. The maximum absolute atomic E-state index is 13.8. The van der Waals surface area contributed by atoms with E-state index < -0.39 is 0 Å². The van der Waals surface area contributed by atoms with Crippen LogP contribution in [0.15, 0.2) is 52.8 Å². The Hall–Kier alpha value is -2.54. The highest BCUT2D eigenvalue weighted by molar-refractivity contribution is 7.98. The van der Waals surface area contributed by atoms with Crippen molar-refractivity contribution in [3.63, 3.8) is 0 Å². The number of nitrogens with zero attached hydrogens (tertiary/aromatic N) is 3. The molecule has 0 bridgehead atoms. The normalized spacial score (nSPS) is 10.8. The molecule has 25 heavy (non-hydrogen) atoms. The minimum atomic E-state index is -0.372. The van der Waals surface area contributed by atoms with Crippen molar-refractivity contribution >= 4 is 11.8 Å². The highest BCUT2D eigenvalue weighted by atomic mass is 32.2. The summed E-state index contributed by atoms with van der Waals surface area (Å²) in [7, 11) is 1.45. The number of aromatic nitrogens is 3. The van der Waals surface area contributed by atoms with E-state index in [1.807, 2.05) is 23.6 Å². The van der Waals surface area contributed by atoms with Gasteiger partial charge in [-0.1, -0.05) is 23.9 Å². The zero-order chi connectivity index (χ0) is 17.8. The standard InChI is InChI=1S/C18H18FN3O2S/c1-4-8-22-17(14-7-9-24-12(14)2)20-21-18(22)25-11-13-5-6-16(23-3)15(19)10-13/h4-7,9-10H,1,8,11H2,2-3H3. The van der Waals surface area contributed by atoms with Crippen LogP contribution in [0, 0.1) is 12.7 Å². The van der Waals surface area contributed by atoms with Crippen LogP contribution in [0.2, 0.25) is 0 Å². The van der Waals surface area contributed by atoms with Crippen molar-refractivity contribution in [2.75, 3.05) is 7.11 Å². The molecule has 0 atom stereocenters. The largest absolute Gasteiger partial charge is 0.494 e. The Morgan fingerprint density at radius 1 is 1.36 bits per heavy atom. The summed E-state index contributed by atoms with van der Waals surface area (Å²) < 4.78 is 26.1. The van der Waals surface area contributed by atoms with Crippen LogP contribution in [0.5, 0.6) is 5.75 Å². The third kappa shape index (κ3) is 3.61. The average molecular weight is 359 g/mol. The summed E-state index contributed by atoms with van der Waals surface area (Å²) in [4.78, 5) is 0. The first kappa shape index (κ1) is 17.3. The van der Waals surface area contributed by atoms with Gasteiger partial charge in [-0.25, -0.2) is 4.39 Å². The van der Waals surface area contributed by atoms with Gasteiger partial charge in [-0.3, -0.25) is 4.57 Å². The Balaban J connectivity index is 1.83. The van der Waals surface area contributed by atoms with Gasteiger partial charge in [0.2, 0.25) is 0 Å². The number of hydrogen-bond acceptors (Lipinski definition) is 5. The number of hydrogen-bond donors (Lipinski definition) is 0. The van der Waals surface area contributed by atoms with Gasteiger partial charge in [0.1, 0.15) is 5.76 Å². The molecule has 0 radical (unpaired) electrons. The molecule has 0 saturated carbocycles. The Morgan fingerprint density at radius 2 is 2.20 bits per heavy atom. The van der Waals surface area contributed by atoms with Crippen LogP contribution in [0.4, 0.5) is 4.39 Å². The molecule has 0 unspecified atom stereocenters. The van der Waals surface area contributed by atoms with Crippen LogP contribution < -0.4 is 4.74 Å². The highest BCUT2D eigenvalue weighted by Gasteiger charge is 2.17. The first-order valence-corrected chi connectivity index (χ1v) is 8.66. The van der Waals surface area contributed by atoms with Gasteiger partial charge >= 0.3 is 0 Å². The average Bonchev–Trinajstić information content (AvgIpc) is 3.19. The molecule has 0 aliphatic heterocycles. The van der Waals surface area contributed by atoms with E-state index in [0.717, 1.165) is 27.9 Å². The molecule has 3 aromatic rings. The molecule has 2 heterocycles. The van der Waals surface area contributed by atoms with Crippen LogP contribution in [-0.4, -0.2) is 21.9 Å². The molecule has 0 N–H and O–H groups in total. The SMILES string of the molecule is C=CCn1c(SCc2ccc(OC)c(F)c2)nnc1-c1ccoc1C. The Labute approximate surface area is 149 Å². The van der Waals surface area contributed by atoms with E-state index in [9.17, 15) is 4.39 Å². The predicted octanol–water partition coefficient (Wildman–Crippen LogP) is 4.47. The smallest absolute Gasteiger partial charge is 0.192 e. The fourth-order valence-electron chi connectivity index (χ4n) is 2.45. The fraction of sp³-hybridized carbons (Fsp3) is 0.222. The van der Waals surface area contributed by atoms with E-state index >= 15 is 0 Å². The number of methoxy groups -OCH3 is 1. The van der Waals surface area contributed by atoms with Gasteiger partial charge in [-0.2, -0.15) is 0 Å². The lowest BCUT2D eigenvalue weighted by Gasteiger charge is -2.08. The second kappa shape index (κ2) is 7.57. The minimum Gasteiger partial charge on any atom is -0.494 e. The van der Waals surface area contributed by atoms with Crippen molar-refractivity contribution in [1.29, 1.82) is 0 Å². The third-order valence-corrected chi connectivity index (χ3v) is 4.75. The molecule has 0 aliphatic rings. The van der Waals surface area contributed by atoms with E-state index in [0.29, 0.717) is 12.3 Å². The number of thioether (sulfide) groups is 1. The van der Waals surface area contributed by atoms with Gasteiger partial charge in [0, 0.05) is 12.3 Å². The van der Waals surface area contributed by atoms with Gasteiger partial charge in [0.15, 0.2) is 22.5 Å². The molecule has 0 aliphatic carbocycles. The zero-order valence-electron chi connectivity index (χ0n) is 14.0. The monoisotopic (exact) mass is 359 g/mol. The summed E-state index contributed by atoms with van der Waals surface area (Å²) in [6, 6.07) is 6.80. The molecule has 1 aromatic carbocycles. The number of rotatable bonds is 7. The number of ether oxygens (including phenoxy) is 1. The first-order valence-electron chi connectivity index (χ1n) is 7.67. The summed E-state index contributed by atoms with van der Waals surface area (Å²) in [5.74, 6) is 1.95. The number of allylic oxidation sites excluding steroid dienone is 1. The summed E-state index contributed by atoms with van der Waals surface area (Å²) in [5.41, 5.74) is 1.74. The Morgan fingerprint density at radius 3 is 2.84 bits per heavy atom. The molecule has 3 rings (SSSR count). The first-order chi connectivity index (χ1) is 12.1. The molecule has 0 amide bonds. The van der Waals surface area contributed by atoms with Gasteiger partial charge < -0.3 is 9.15 Å². The maximum atomic E-state index is 13.8. The molecule has 0 fully saturated rings. The Bertz CT molecular complexity index is 888. The van der Waals surface area contributed by atoms with Crippen LogP contribution in [0.3, 0.4) is 0 Å². The van der Waals surface area contributed by atoms with Gasteiger partial charge in [-0.15, -0.1) is 16.8 Å². The van der Waals surface area contributed by atoms with Crippen molar-refractivity contribution < 1.29 is 13.5 Å². The molecular formula is C18H18FN3O2S. The molecule has 130 valence electrons. The lowest BCUT2D eigenvalue weighted by atomic mass is 10.2. The predicted molar refractivity (Wildman–Crippen MR) is 95.2 cm³/mol. The molecule has 0 spiro atoms. The van der Waals surface area contributed by atoms with Crippen molar-refractivity contribution in [3.8, 4) is 17.1 Å². The van der Waals surface area contributed by atoms with Crippen molar-refractivity contribution in [2.45, 2.75) is 24.4 Å². The minimum absolute atomic E-state index is 0.237. The fourth-order valence-corrected chi connectivity index (χ4v) is 3.34. The third-order valence-electron chi connectivity index (χ3n) is 3.71. The van der Waals surface area contributed by atoms with Crippen LogP contribution in [-0.2, 0) is 12.3 Å². The van der Waals surface area contributed by atoms with E-state index in [1.165, 1.54) is 24.9 Å². The highest BCUT2D eigenvalue weighted by Crippen LogP contribution is 2.29. The zero-order valence-corrected chi connectivity index (χ0v) is 14.8. The number of furan rings is 1. The second-order valence-electron chi connectivity index (χ2n) is 5.35. The van der Waals surface area contributed by atoms with Crippen LogP contribution >= 0.6 is 11.8 Å². The van der Waals surface area contributed by atoms with Gasteiger partial charge in [-0.05, 0) is 30.7 Å². The van der Waals surface area contributed by atoms with E-state index in [4.69, 9.17) is 9.15 Å². The van der Waals surface area contributed by atoms with Crippen molar-refractivity contribution in [2.24, 2.45) is 0 Å². The van der Waals surface area contributed by atoms with E-state index in [-0.39, 0.29) is 11.6 Å². The number of halogens is 1. The van der Waals surface area contributed by atoms with E-state index in [2.05, 4.69) is 16.8 Å². The summed E-state index contributed by atoms with van der Waals surface area (Å²) in [5, 5.41) is 9.30. The second-order valence-corrected chi connectivity index (χ2v) is 6.30. The van der Waals surface area contributed by atoms with Crippen molar-refractivity contribution in [3.05, 3.63) is 60.3 Å².